The van der Waals surface area contributed by atoms with E-state index in [9.17, 15) is 9.59 Å². The molecule has 1 saturated heterocycles. The summed E-state index contributed by atoms with van der Waals surface area (Å²) >= 11 is 0. The number of carbonyl (C=O) groups excluding carboxylic acids is 2. The van der Waals surface area contributed by atoms with Crippen LogP contribution in [0.4, 0.5) is 4.79 Å². The first-order valence-electron chi connectivity index (χ1n) is 12.0. The standard InChI is InChI=1S/C28H33N3O2/c1-21(2)31(17-9-4-10-18-31)28(33)29-20-26(23-12-5-3-6-13-23)30-27(32)25-16-15-22-11-7-8-14-24(22)19-25/h3,5-8,11-16,19,21,26H,4,9-10,17-18,20H2,1-2H3,(H-,29,30,32,33)/p+1/t26-/m0/s1. The third kappa shape index (κ3) is 5.09. The second-order valence-electron chi connectivity index (χ2n) is 9.32. The fraction of sp³-hybridized carbons (Fsp3) is 0.357. The molecule has 0 radical (unpaired) electrons. The summed E-state index contributed by atoms with van der Waals surface area (Å²) in [5.74, 6) is -0.144. The van der Waals surface area contributed by atoms with E-state index < -0.39 is 0 Å². The van der Waals surface area contributed by atoms with Crippen LogP contribution in [0.15, 0.2) is 72.8 Å². The number of carbonyl (C=O) groups is 2. The van der Waals surface area contributed by atoms with Gasteiger partial charge in [0.2, 0.25) is 0 Å². The molecule has 3 amide bonds. The van der Waals surface area contributed by atoms with E-state index in [1.807, 2.05) is 72.8 Å². The van der Waals surface area contributed by atoms with Crippen molar-refractivity contribution in [1.29, 1.82) is 0 Å². The molecule has 33 heavy (non-hydrogen) atoms. The van der Waals surface area contributed by atoms with Crippen LogP contribution >= 0.6 is 0 Å². The summed E-state index contributed by atoms with van der Waals surface area (Å²) in [7, 11) is 0. The molecule has 172 valence electrons. The van der Waals surface area contributed by atoms with Gasteiger partial charge in [0.25, 0.3) is 5.91 Å². The van der Waals surface area contributed by atoms with Gasteiger partial charge in [0.1, 0.15) is 0 Å². The van der Waals surface area contributed by atoms with E-state index in [4.69, 9.17) is 0 Å². The van der Waals surface area contributed by atoms with Crippen LogP contribution in [0.2, 0.25) is 0 Å². The van der Waals surface area contributed by atoms with Crippen LogP contribution in [0.25, 0.3) is 10.8 Å². The molecule has 0 bridgehead atoms. The predicted octanol–water partition coefficient (Wildman–Crippen LogP) is 5.43. The molecule has 0 aliphatic carbocycles. The molecule has 1 aliphatic heterocycles. The highest BCUT2D eigenvalue weighted by Gasteiger charge is 2.41. The molecule has 0 saturated carbocycles. The maximum atomic E-state index is 13.3. The van der Waals surface area contributed by atoms with Crippen LogP contribution in [0.3, 0.4) is 0 Å². The van der Waals surface area contributed by atoms with E-state index in [0.29, 0.717) is 16.6 Å². The average molecular weight is 445 g/mol. The maximum Gasteiger partial charge on any atom is 0.416 e. The number of quaternary nitrogens is 1. The minimum absolute atomic E-state index is 0.0607. The van der Waals surface area contributed by atoms with Crippen molar-refractivity contribution >= 4 is 22.7 Å². The van der Waals surface area contributed by atoms with Gasteiger partial charge >= 0.3 is 6.03 Å². The molecule has 5 heteroatoms. The van der Waals surface area contributed by atoms with Crippen molar-refractivity contribution in [2.75, 3.05) is 19.6 Å². The van der Waals surface area contributed by atoms with Crippen molar-refractivity contribution in [3.63, 3.8) is 0 Å². The second-order valence-corrected chi connectivity index (χ2v) is 9.32. The third-order valence-corrected chi connectivity index (χ3v) is 6.98. The van der Waals surface area contributed by atoms with E-state index >= 15 is 0 Å². The van der Waals surface area contributed by atoms with Crippen LogP contribution in [0.5, 0.6) is 0 Å². The zero-order valence-electron chi connectivity index (χ0n) is 19.6. The SMILES string of the molecule is CC(C)[N+]1(C(=O)NC[C@H](NC(=O)c2ccc3ccccc3c2)c2ccccc2)CCCCC1. The number of fused-ring (bicyclic) bond motifs is 1. The van der Waals surface area contributed by atoms with Crippen molar-refractivity contribution in [3.05, 3.63) is 83.9 Å². The number of rotatable bonds is 6. The Morgan fingerprint density at radius 3 is 2.21 bits per heavy atom. The van der Waals surface area contributed by atoms with E-state index in [1.165, 1.54) is 6.42 Å². The number of hydrogen-bond donors (Lipinski definition) is 2. The maximum absolute atomic E-state index is 13.3. The number of piperidine rings is 1. The molecular formula is C28H34N3O2+. The van der Waals surface area contributed by atoms with E-state index in [-0.39, 0.29) is 24.0 Å². The summed E-state index contributed by atoms with van der Waals surface area (Å²) in [5.41, 5.74) is 1.59. The van der Waals surface area contributed by atoms with Crippen LogP contribution in [0, 0.1) is 0 Å². The zero-order valence-corrected chi connectivity index (χ0v) is 19.6. The first kappa shape index (κ1) is 23.0. The van der Waals surface area contributed by atoms with Crippen LogP contribution in [-0.4, -0.2) is 42.1 Å². The molecule has 3 aromatic carbocycles. The number of hydrogen-bond acceptors (Lipinski definition) is 2. The fourth-order valence-electron chi connectivity index (χ4n) is 4.89. The lowest BCUT2D eigenvalue weighted by molar-refractivity contribution is -0.876. The quantitative estimate of drug-likeness (QED) is 0.498. The lowest BCUT2D eigenvalue weighted by atomic mass is 10.0. The topological polar surface area (TPSA) is 58.2 Å². The monoisotopic (exact) mass is 444 g/mol. The van der Waals surface area contributed by atoms with Crippen LogP contribution in [-0.2, 0) is 0 Å². The number of nitrogens with one attached hydrogen (secondary N) is 2. The van der Waals surface area contributed by atoms with Gasteiger partial charge in [-0.05, 0) is 61.6 Å². The van der Waals surface area contributed by atoms with Gasteiger partial charge in [-0.15, -0.1) is 0 Å². The van der Waals surface area contributed by atoms with E-state index in [2.05, 4.69) is 24.5 Å². The van der Waals surface area contributed by atoms with Gasteiger partial charge in [-0.25, -0.2) is 9.28 Å². The Labute approximate surface area is 196 Å². The summed E-state index contributed by atoms with van der Waals surface area (Å²) in [5, 5.41) is 8.46. The van der Waals surface area contributed by atoms with Crippen molar-refractivity contribution < 1.29 is 14.1 Å². The molecule has 1 fully saturated rings. The number of likely N-dealkylation sites (tertiary alicyclic amines) is 1. The van der Waals surface area contributed by atoms with Crippen LogP contribution < -0.4 is 10.6 Å². The predicted molar refractivity (Wildman–Crippen MR) is 133 cm³/mol. The minimum Gasteiger partial charge on any atom is -0.343 e. The molecule has 5 nitrogen and oxygen atoms in total. The Kier molecular flexibility index (Phi) is 7.09. The molecule has 3 aromatic rings. The number of nitrogens with zero attached hydrogens (tertiary/aromatic N) is 1. The summed E-state index contributed by atoms with van der Waals surface area (Å²) in [6.07, 6.45) is 3.34. The molecule has 0 aromatic heterocycles. The number of urea groups is 1. The first-order valence-corrected chi connectivity index (χ1v) is 12.0. The molecule has 0 unspecified atom stereocenters. The Morgan fingerprint density at radius 2 is 1.52 bits per heavy atom. The average Bonchev–Trinajstić information content (AvgIpc) is 2.86. The summed E-state index contributed by atoms with van der Waals surface area (Å²) in [6.45, 7) is 6.36. The summed E-state index contributed by atoms with van der Waals surface area (Å²) in [4.78, 5) is 26.5. The highest BCUT2D eigenvalue weighted by atomic mass is 16.2. The van der Waals surface area contributed by atoms with Gasteiger partial charge in [-0.3, -0.25) is 4.79 Å². The smallest absolute Gasteiger partial charge is 0.343 e. The van der Waals surface area contributed by atoms with Gasteiger partial charge in [0, 0.05) is 12.1 Å². The molecule has 2 N–H and O–H groups in total. The van der Waals surface area contributed by atoms with Gasteiger partial charge in [-0.2, -0.15) is 0 Å². The normalized spacial score (nSPS) is 16.3. The Bertz CT molecular complexity index is 1100. The fourth-order valence-corrected chi connectivity index (χ4v) is 4.89. The molecule has 0 spiro atoms. The van der Waals surface area contributed by atoms with E-state index in [0.717, 1.165) is 42.3 Å². The highest BCUT2D eigenvalue weighted by molar-refractivity contribution is 5.98. The molecule has 1 heterocycles. The number of amides is 3. The highest BCUT2D eigenvalue weighted by Crippen LogP contribution is 2.24. The molecule has 1 atom stereocenters. The minimum atomic E-state index is -0.314. The Balaban J connectivity index is 1.51. The second kappa shape index (κ2) is 10.2. The third-order valence-electron chi connectivity index (χ3n) is 6.98. The summed E-state index contributed by atoms with van der Waals surface area (Å²) < 4.78 is 0.472. The lowest BCUT2D eigenvalue weighted by Crippen LogP contribution is -2.63. The van der Waals surface area contributed by atoms with Crippen molar-refractivity contribution in [1.82, 2.24) is 10.6 Å². The van der Waals surface area contributed by atoms with Gasteiger partial charge < -0.3 is 10.6 Å². The zero-order chi connectivity index (χ0) is 23.3. The Morgan fingerprint density at radius 1 is 0.848 bits per heavy atom. The largest absolute Gasteiger partial charge is 0.416 e. The van der Waals surface area contributed by atoms with Crippen molar-refractivity contribution in [2.24, 2.45) is 0 Å². The van der Waals surface area contributed by atoms with E-state index in [1.54, 1.807) is 0 Å². The van der Waals surface area contributed by atoms with Gasteiger partial charge in [0.15, 0.2) is 0 Å². The first-order chi connectivity index (χ1) is 16.0. The summed E-state index contributed by atoms with van der Waals surface area (Å²) in [6, 6.07) is 23.6. The molecule has 4 rings (SSSR count). The lowest BCUT2D eigenvalue weighted by Gasteiger charge is -2.42. The van der Waals surface area contributed by atoms with Crippen molar-refractivity contribution in [2.45, 2.75) is 45.2 Å². The van der Waals surface area contributed by atoms with Crippen molar-refractivity contribution in [3.8, 4) is 0 Å². The molecular weight excluding hydrogens is 410 g/mol. The Hall–Kier alpha value is -3.18. The van der Waals surface area contributed by atoms with Gasteiger partial charge in [-0.1, -0.05) is 60.7 Å². The van der Waals surface area contributed by atoms with Crippen LogP contribution in [0.1, 0.15) is 55.1 Å². The molecule has 1 aliphatic rings. The van der Waals surface area contributed by atoms with Gasteiger partial charge in [0.05, 0.1) is 25.2 Å². The number of benzene rings is 3.